The van der Waals surface area contributed by atoms with Gasteiger partial charge in [0.25, 0.3) is 5.91 Å². The number of amides is 4. The molecule has 1 saturated heterocycles. The molecule has 0 bridgehead atoms. The van der Waals surface area contributed by atoms with Crippen molar-refractivity contribution in [3.63, 3.8) is 0 Å². The second-order valence-electron chi connectivity index (χ2n) is 5.01. The van der Waals surface area contributed by atoms with Crippen LogP contribution in [0.4, 0.5) is 4.79 Å². The van der Waals surface area contributed by atoms with Crippen LogP contribution in [0, 0.1) is 0 Å². The van der Waals surface area contributed by atoms with Crippen LogP contribution in [-0.2, 0) is 16.0 Å². The number of nitrogens with one attached hydrogen (secondary N) is 2. The second kappa shape index (κ2) is 7.56. The second-order valence-corrected chi connectivity index (χ2v) is 5.01. The van der Waals surface area contributed by atoms with Crippen LogP contribution in [0.5, 0.6) is 0 Å². The Morgan fingerprint density at radius 3 is 2.68 bits per heavy atom. The van der Waals surface area contributed by atoms with E-state index in [1.807, 2.05) is 30.3 Å². The smallest absolute Gasteiger partial charge is 0.324 e. The first-order chi connectivity index (χ1) is 10.6. The molecular weight excluding hydrogens is 286 g/mol. The number of carbonyl (C=O) groups excluding carboxylic acids is 3. The zero-order valence-corrected chi connectivity index (χ0v) is 12.1. The monoisotopic (exact) mass is 305 g/mol. The maximum atomic E-state index is 12.2. The Morgan fingerprint density at radius 1 is 1.27 bits per heavy atom. The standard InChI is InChI=1S/C15H19N3O4/c19-9-7-16-13(20)10-12-14(21)18(15(22)17-12)8-6-11-4-2-1-3-5-11/h1-5,12,19H,6-10H2,(H,16,20)(H,17,22)/t12-/m0/s1. The first kappa shape index (κ1) is 16.0. The molecule has 0 saturated carbocycles. The van der Waals surface area contributed by atoms with Gasteiger partial charge in [-0.05, 0) is 12.0 Å². The fourth-order valence-electron chi connectivity index (χ4n) is 2.27. The Bertz CT molecular complexity index is 547. The highest BCUT2D eigenvalue weighted by atomic mass is 16.3. The van der Waals surface area contributed by atoms with E-state index in [1.54, 1.807) is 0 Å². The van der Waals surface area contributed by atoms with Gasteiger partial charge in [0.15, 0.2) is 0 Å². The van der Waals surface area contributed by atoms with E-state index in [9.17, 15) is 14.4 Å². The molecule has 1 aromatic rings. The van der Waals surface area contributed by atoms with Gasteiger partial charge in [-0.2, -0.15) is 0 Å². The van der Waals surface area contributed by atoms with Crippen molar-refractivity contribution < 1.29 is 19.5 Å². The number of benzene rings is 1. The Morgan fingerprint density at radius 2 is 2.00 bits per heavy atom. The summed E-state index contributed by atoms with van der Waals surface area (Å²) in [6.45, 7) is 0.245. The van der Waals surface area contributed by atoms with Crippen LogP contribution in [0.15, 0.2) is 30.3 Å². The quantitative estimate of drug-likeness (QED) is 0.600. The van der Waals surface area contributed by atoms with Crippen LogP contribution < -0.4 is 10.6 Å². The molecule has 118 valence electrons. The Kier molecular flexibility index (Phi) is 5.48. The number of nitrogens with zero attached hydrogens (tertiary/aromatic N) is 1. The molecule has 7 heteroatoms. The molecule has 0 radical (unpaired) electrons. The maximum Gasteiger partial charge on any atom is 0.324 e. The van der Waals surface area contributed by atoms with Gasteiger partial charge in [0.05, 0.1) is 13.0 Å². The largest absolute Gasteiger partial charge is 0.395 e. The van der Waals surface area contributed by atoms with Crippen molar-refractivity contribution in [2.24, 2.45) is 0 Å². The Balaban J connectivity index is 1.87. The molecule has 0 aromatic heterocycles. The minimum absolute atomic E-state index is 0.119. The molecule has 3 N–H and O–H groups in total. The molecule has 1 atom stereocenters. The summed E-state index contributed by atoms with van der Waals surface area (Å²) in [6.07, 6.45) is 0.454. The van der Waals surface area contributed by atoms with E-state index >= 15 is 0 Å². The van der Waals surface area contributed by atoms with Gasteiger partial charge in [-0.15, -0.1) is 0 Å². The maximum absolute atomic E-state index is 12.2. The third-order valence-corrected chi connectivity index (χ3v) is 3.40. The number of imide groups is 1. The molecular formula is C15H19N3O4. The molecule has 0 aliphatic carbocycles. The van der Waals surface area contributed by atoms with Crippen molar-refractivity contribution in [3.8, 4) is 0 Å². The molecule has 1 heterocycles. The van der Waals surface area contributed by atoms with Gasteiger partial charge in [0.1, 0.15) is 6.04 Å². The van der Waals surface area contributed by atoms with Gasteiger partial charge in [-0.1, -0.05) is 30.3 Å². The average molecular weight is 305 g/mol. The Hall–Kier alpha value is -2.41. The highest BCUT2D eigenvalue weighted by Crippen LogP contribution is 2.11. The summed E-state index contributed by atoms with van der Waals surface area (Å²) in [5.41, 5.74) is 1.03. The van der Waals surface area contributed by atoms with Crippen molar-refractivity contribution in [1.82, 2.24) is 15.5 Å². The fourth-order valence-corrected chi connectivity index (χ4v) is 2.27. The topological polar surface area (TPSA) is 98.7 Å². The van der Waals surface area contributed by atoms with E-state index < -0.39 is 12.1 Å². The lowest BCUT2D eigenvalue weighted by atomic mass is 10.1. The van der Waals surface area contributed by atoms with E-state index in [-0.39, 0.29) is 37.9 Å². The Labute approximate surface area is 128 Å². The summed E-state index contributed by atoms with van der Waals surface area (Å²) in [6, 6.07) is 8.25. The van der Waals surface area contributed by atoms with Gasteiger partial charge < -0.3 is 15.7 Å². The molecule has 2 rings (SSSR count). The number of urea groups is 1. The molecule has 4 amide bonds. The predicted molar refractivity (Wildman–Crippen MR) is 78.9 cm³/mol. The van der Waals surface area contributed by atoms with E-state index in [2.05, 4.69) is 10.6 Å². The summed E-state index contributed by atoms with van der Waals surface area (Å²) in [5, 5.41) is 13.6. The highest BCUT2D eigenvalue weighted by Gasteiger charge is 2.38. The predicted octanol–water partition coefficient (Wildman–Crippen LogP) is -0.352. The average Bonchev–Trinajstić information content (AvgIpc) is 2.78. The van der Waals surface area contributed by atoms with Crippen molar-refractivity contribution in [1.29, 1.82) is 0 Å². The molecule has 1 fully saturated rings. The summed E-state index contributed by atoms with van der Waals surface area (Å²) in [5.74, 6) is -0.766. The van der Waals surface area contributed by atoms with Crippen LogP contribution in [0.25, 0.3) is 0 Å². The lowest BCUT2D eigenvalue weighted by molar-refractivity contribution is -0.130. The number of aliphatic hydroxyl groups is 1. The van der Waals surface area contributed by atoms with Gasteiger partial charge in [0.2, 0.25) is 5.91 Å². The minimum Gasteiger partial charge on any atom is -0.395 e. The first-order valence-corrected chi connectivity index (χ1v) is 7.15. The summed E-state index contributed by atoms with van der Waals surface area (Å²) < 4.78 is 0. The normalized spacial score (nSPS) is 17.5. The van der Waals surface area contributed by atoms with Crippen LogP contribution >= 0.6 is 0 Å². The molecule has 0 spiro atoms. The molecule has 0 unspecified atom stereocenters. The lowest BCUT2D eigenvalue weighted by Gasteiger charge is -2.13. The molecule has 22 heavy (non-hydrogen) atoms. The van der Waals surface area contributed by atoms with Crippen LogP contribution in [0.3, 0.4) is 0 Å². The van der Waals surface area contributed by atoms with Crippen LogP contribution in [-0.4, -0.2) is 53.6 Å². The lowest BCUT2D eigenvalue weighted by Crippen LogP contribution is -2.37. The molecule has 1 aromatic carbocycles. The summed E-state index contributed by atoms with van der Waals surface area (Å²) >= 11 is 0. The fraction of sp³-hybridized carbons (Fsp3) is 0.400. The number of carbonyl (C=O) groups is 3. The summed E-state index contributed by atoms with van der Waals surface area (Å²) in [7, 11) is 0. The molecule has 1 aliphatic heterocycles. The highest BCUT2D eigenvalue weighted by molar-refractivity contribution is 6.05. The zero-order valence-electron chi connectivity index (χ0n) is 12.1. The van der Waals surface area contributed by atoms with E-state index in [0.717, 1.165) is 10.5 Å². The number of hydrogen-bond acceptors (Lipinski definition) is 4. The third kappa shape index (κ3) is 4.05. The molecule has 7 nitrogen and oxygen atoms in total. The summed E-state index contributed by atoms with van der Waals surface area (Å²) in [4.78, 5) is 36.7. The number of aliphatic hydroxyl groups excluding tert-OH is 1. The first-order valence-electron chi connectivity index (χ1n) is 7.15. The van der Waals surface area contributed by atoms with Crippen LogP contribution in [0.1, 0.15) is 12.0 Å². The number of hydrogen-bond donors (Lipinski definition) is 3. The van der Waals surface area contributed by atoms with Gasteiger partial charge in [0, 0.05) is 13.1 Å². The van der Waals surface area contributed by atoms with Crippen LogP contribution in [0.2, 0.25) is 0 Å². The minimum atomic E-state index is -0.832. The van der Waals surface area contributed by atoms with Crippen molar-refractivity contribution in [2.45, 2.75) is 18.9 Å². The zero-order chi connectivity index (χ0) is 15.9. The van der Waals surface area contributed by atoms with E-state index in [0.29, 0.717) is 6.42 Å². The van der Waals surface area contributed by atoms with E-state index in [1.165, 1.54) is 0 Å². The third-order valence-electron chi connectivity index (χ3n) is 3.40. The van der Waals surface area contributed by atoms with Crippen molar-refractivity contribution in [3.05, 3.63) is 35.9 Å². The van der Waals surface area contributed by atoms with Gasteiger partial charge >= 0.3 is 6.03 Å². The van der Waals surface area contributed by atoms with Crippen molar-refractivity contribution in [2.75, 3.05) is 19.7 Å². The SMILES string of the molecule is O=C(C[C@@H]1NC(=O)N(CCc2ccccc2)C1=O)NCCO. The number of rotatable bonds is 7. The van der Waals surface area contributed by atoms with Gasteiger partial charge in [-0.25, -0.2) is 4.79 Å². The van der Waals surface area contributed by atoms with E-state index in [4.69, 9.17) is 5.11 Å². The van der Waals surface area contributed by atoms with Gasteiger partial charge in [-0.3, -0.25) is 14.5 Å². The van der Waals surface area contributed by atoms with Crippen molar-refractivity contribution >= 4 is 17.8 Å². The molecule has 1 aliphatic rings.